The van der Waals surface area contributed by atoms with Gasteiger partial charge in [0.15, 0.2) is 5.16 Å². The lowest BCUT2D eigenvalue weighted by Crippen LogP contribution is -2.38. The molecule has 1 heterocycles. The molecule has 2 aromatic rings. The predicted molar refractivity (Wildman–Crippen MR) is 93.7 cm³/mol. The number of nitriles is 1. The van der Waals surface area contributed by atoms with E-state index in [1.807, 2.05) is 35.8 Å². The molecule has 1 aromatic carbocycles. The van der Waals surface area contributed by atoms with Crippen molar-refractivity contribution in [3.8, 4) is 6.07 Å². The van der Waals surface area contributed by atoms with Crippen molar-refractivity contribution in [3.63, 3.8) is 0 Å². The van der Waals surface area contributed by atoms with Crippen LogP contribution in [0.3, 0.4) is 0 Å². The molecule has 0 aliphatic heterocycles. The van der Waals surface area contributed by atoms with Gasteiger partial charge in [-0.05, 0) is 43.9 Å². The Morgan fingerprint density at radius 2 is 2.17 bits per heavy atom. The Morgan fingerprint density at radius 1 is 1.38 bits per heavy atom. The van der Waals surface area contributed by atoms with Crippen LogP contribution in [0.5, 0.6) is 0 Å². The summed E-state index contributed by atoms with van der Waals surface area (Å²) in [4.78, 5) is 16.7. The molecule has 1 aliphatic carbocycles. The molecule has 0 bridgehead atoms. The molecule has 0 atom stereocenters. The first kappa shape index (κ1) is 16.6. The highest BCUT2D eigenvalue weighted by Crippen LogP contribution is 2.32. The average Bonchev–Trinajstić information content (AvgIpc) is 3.01. The molecule has 0 unspecified atom stereocenters. The minimum atomic E-state index is -0.0905. The van der Waals surface area contributed by atoms with Crippen LogP contribution in [0, 0.1) is 11.3 Å². The molecule has 1 aliphatic rings. The van der Waals surface area contributed by atoms with Gasteiger partial charge < -0.3 is 9.88 Å². The number of nitrogens with one attached hydrogen (secondary N) is 1. The van der Waals surface area contributed by atoms with E-state index in [1.54, 1.807) is 24.3 Å². The number of carbonyl (C=O) groups excluding carboxylic acids is 1. The third-order valence-corrected chi connectivity index (χ3v) is 5.72. The summed E-state index contributed by atoms with van der Waals surface area (Å²) in [6.07, 6.45) is 7.88. The van der Waals surface area contributed by atoms with Gasteiger partial charge in [0.2, 0.25) is 0 Å². The van der Waals surface area contributed by atoms with Crippen LogP contribution < -0.4 is 5.32 Å². The summed E-state index contributed by atoms with van der Waals surface area (Å²) in [5.74, 6) is -0.0905. The summed E-state index contributed by atoms with van der Waals surface area (Å²) in [5, 5.41) is 13.6. The topological polar surface area (TPSA) is 70.7 Å². The monoisotopic (exact) mass is 340 g/mol. The Balaban J connectivity index is 1.51. The number of carbonyl (C=O) groups is 1. The van der Waals surface area contributed by atoms with E-state index in [0.29, 0.717) is 16.4 Å². The zero-order valence-electron chi connectivity index (χ0n) is 13.6. The molecule has 1 amide bonds. The smallest absolute Gasteiger partial charge is 0.251 e. The van der Waals surface area contributed by atoms with Crippen LogP contribution in [0.1, 0.15) is 41.6 Å². The van der Waals surface area contributed by atoms with Gasteiger partial charge in [0.25, 0.3) is 5.91 Å². The second kappa shape index (κ2) is 7.54. The Hall–Kier alpha value is -2.26. The summed E-state index contributed by atoms with van der Waals surface area (Å²) < 4.78 is 2.04. The van der Waals surface area contributed by atoms with Crippen molar-refractivity contribution < 1.29 is 4.79 Å². The zero-order chi connectivity index (χ0) is 16.9. The van der Waals surface area contributed by atoms with Crippen LogP contribution in [0.2, 0.25) is 0 Å². The van der Waals surface area contributed by atoms with Gasteiger partial charge in [0, 0.05) is 36.3 Å². The molecule has 6 heteroatoms. The van der Waals surface area contributed by atoms with Gasteiger partial charge in [0.05, 0.1) is 11.6 Å². The summed E-state index contributed by atoms with van der Waals surface area (Å²) in [7, 11) is 2.01. The largest absolute Gasteiger partial charge is 0.349 e. The van der Waals surface area contributed by atoms with Crippen LogP contribution in [-0.2, 0) is 7.05 Å². The van der Waals surface area contributed by atoms with Gasteiger partial charge in [-0.1, -0.05) is 17.8 Å². The number of aryl methyl sites for hydroxylation is 1. The Kier molecular flexibility index (Phi) is 5.21. The normalized spacial score (nSPS) is 20.3. The van der Waals surface area contributed by atoms with Gasteiger partial charge in [-0.2, -0.15) is 5.26 Å². The van der Waals surface area contributed by atoms with E-state index >= 15 is 0 Å². The molecule has 1 saturated carbocycles. The third kappa shape index (κ3) is 3.98. The first-order valence-electron chi connectivity index (χ1n) is 8.10. The van der Waals surface area contributed by atoms with E-state index in [9.17, 15) is 4.79 Å². The maximum atomic E-state index is 12.3. The molecule has 24 heavy (non-hydrogen) atoms. The van der Waals surface area contributed by atoms with E-state index < -0.39 is 0 Å². The van der Waals surface area contributed by atoms with Crippen molar-refractivity contribution in [2.24, 2.45) is 7.05 Å². The minimum Gasteiger partial charge on any atom is -0.349 e. The highest BCUT2D eigenvalue weighted by atomic mass is 32.2. The van der Waals surface area contributed by atoms with Gasteiger partial charge in [-0.15, -0.1) is 0 Å². The van der Waals surface area contributed by atoms with E-state index in [-0.39, 0.29) is 11.9 Å². The highest BCUT2D eigenvalue weighted by molar-refractivity contribution is 7.99. The first-order chi connectivity index (χ1) is 11.7. The van der Waals surface area contributed by atoms with Crippen LogP contribution in [0.4, 0.5) is 0 Å². The molecular formula is C18H20N4OS. The zero-order valence-corrected chi connectivity index (χ0v) is 14.4. The molecule has 0 spiro atoms. The third-order valence-electron chi connectivity index (χ3n) is 4.31. The van der Waals surface area contributed by atoms with E-state index in [2.05, 4.69) is 16.4 Å². The SMILES string of the molecule is Cn1ccnc1SC1CCC(NC(=O)c2cccc(C#N)c2)CC1. The number of hydrogen-bond donors (Lipinski definition) is 1. The molecule has 1 fully saturated rings. The number of benzene rings is 1. The van der Waals surface area contributed by atoms with Crippen molar-refractivity contribution in [3.05, 3.63) is 47.8 Å². The minimum absolute atomic E-state index is 0.0905. The number of nitrogens with zero attached hydrogens (tertiary/aromatic N) is 3. The van der Waals surface area contributed by atoms with Gasteiger partial charge in [-0.25, -0.2) is 4.98 Å². The van der Waals surface area contributed by atoms with Crippen molar-refractivity contribution in [1.82, 2.24) is 14.9 Å². The number of amides is 1. The van der Waals surface area contributed by atoms with E-state index in [4.69, 9.17) is 5.26 Å². The Morgan fingerprint density at radius 3 is 2.83 bits per heavy atom. The van der Waals surface area contributed by atoms with E-state index in [0.717, 1.165) is 30.8 Å². The van der Waals surface area contributed by atoms with Crippen molar-refractivity contribution in [2.75, 3.05) is 0 Å². The molecule has 124 valence electrons. The van der Waals surface area contributed by atoms with E-state index in [1.165, 1.54) is 0 Å². The van der Waals surface area contributed by atoms with Gasteiger partial charge in [-0.3, -0.25) is 4.79 Å². The lowest BCUT2D eigenvalue weighted by molar-refractivity contribution is 0.0928. The number of aromatic nitrogens is 2. The Labute approximate surface area is 146 Å². The maximum absolute atomic E-state index is 12.3. The quantitative estimate of drug-likeness (QED) is 0.928. The number of thioether (sulfide) groups is 1. The lowest BCUT2D eigenvalue weighted by atomic mass is 9.94. The fourth-order valence-electron chi connectivity index (χ4n) is 2.94. The van der Waals surface area contributed by atoms with Gasteiger partial charge in [0.1, 0.15) is 0 Å². The standard InChI is InChI=1S/C18H20N4OS/c1-22-10-9-20-18(22)24-16-7-5-15(6-8-16)21-17(23)14-4-2-3-13(11-14)12-19/h2-4,9-11,15-16H,5-8H2,1H3,(H,21,23). The summed E-state index contributed by atoms with van der Waals surface area (Å²) in [6, 6.07) is 9.11. The molecule has 0 saturated heterocycles. The second-order valence-corrected chi connectivity index (χ2v) is 7.35. The second-order valence-electron chi connectivity index (χ2n) is 6.08. The number of imidazole rings is 1. The number of rotatable bonds is 4. The van der Waals surface area contributed by atoms with Crippen molar-refractivity contribution in [2.45, 2.75) is 42.1 Å². The predicted octanol–water partition coefficient (Wildman–Crippen LogP) is 3.13. The van der Waals surface area contributed by atoms with Crippen LogP contribution in [0.15, 0.2) is 41.8 Å². The van der Waals surface area contributed by atoms with Crippen LogP contribution in [0.25, 0.3) is 0 Å². The highest BCUT2D eigenvalue weighted by Gasteiger charge is 2.24. The van der Waals surface area contributed by atoms with Gasteiger partial charge >= 0.3 is 0 Å². The lowest BCUT2D eigenvalue weighted by Gasteiger charge is -2.28. The summed E-state index contributed by atoms with van der Waals surface area (Å²) >= 11 is 1.82. The molecule has 1 aromatic heterocycles. The molecule has 5 nitrogen and oxygen atoms in total. The Bertz CT molecular complexity index is 756. The summed E-state index contributed by atoms with van der Waals surface area (Å²) in [6.45, 7) is 0. The average molecular weight is 340 g/mol. The molecular weight excluding hydrogens is 320 g/mol. The van der Waals surface area contributed by atoms with Crippen molar-refractivity contribution >= 4 is 17.7 Å². The maximum Gasteiger partial charge on any atom is 0.251 e. The first-order valence-corrected chi connectivity index (χ1v) is 8.98. The molecule has 3 rings (SSSR count). The fourth-order valence-corrected chi connectivity index (χ4v) is 4.09. The fraction of sp³-hybridized carbons (Fsp3) is 0.389. The van der Waals surface area contributed by atoms with Crippen LogP contribution in [-0.4, -0.2) is 26.8 Å². The van der Waals surface area contributed by atoms with Crippen LogP contribution >= 0.6 is 11.8 Å². The van der Waals surface area contributed by atoms with Crippen molar-refractivity contribution in [1.29, 1.82) is 5.26 Å². The summed E-state index contributed by atoms with van der Waals surface area (Å²) in [5.41, 5.74) is 1.07. The molecule has 0 radical (unpaired) electrons. The molecule has 1 N–H and O–H groups in total. The number of hydrogen-bond acceptors (Lipinski definition) is 4.